The van der Waals surface area contributed by atoms with Gasteiger partial charge in [0.25, 0.3) is 5.91 Å². The summed E-state index contributed by atoms with van der Waals surface area (Å²) in [6.45, 7) is 0.159. The highest BCUT2D eigenvalue weighted by molar-refractivity contribution is 7.91. The van der Waals surface area contributed by atoms with Gasteiger partial charge in [-0.05, 0) is 18.2 Å². The van der Waals surface area contributed by atoms with E-state index in [1.165, 1.54) is 41.4 Å². The lowest BCUT2D eigenvalue weighted by Gasteiger charge is -2.12. The van der Waals surface area contributed by atoms with Crippen LogP contribution >= 0.6 is 11.3 Å². The average Bonchev–Trinajstić information content (AvgIpc) is 3.11. The molecule has 3 aromatic rings. The van der Waals surface area contributed by atoms with E-state index in [9.17, 15) is 26.4 Å². The van der Waals surface area contributed by atoms with E-state index in [4.69, 9.17) is 0 Å². The molecule has 3 heterocycles. The van der Waals surface area contributed by atoms with E-state index in [1.54, 1.807) is 0 Å². The predicted molar refractivity (Wildman–Crippen MR) is 95.5 cm³/mol. The summed E-state index contributed by atoms with van der Waals surface area (Å²) in [6, 6.07) is 5.38. The maximum absolute atomic E-state index is 13.3. The number of nitrogens with zero attached hydrogens (tertiary/aromatic N) is 3. The molecule has 0 saturated carbocycles. The van der Waals surface area contributed by atoms with Crippen LogP contribution in [0.5, 0.6) is 0 Å². The second-order valence-electron chi connectivity index (χ2n) is 5.57. The molecule has 28 heavy (non-hydrogen) atoms. The van der Waals surface area contributed by atoms with Crippen molar-refractivity contribution in [2.24, 2.45) is 0 Å². The number of hydrogen-bond acceptors (Lipinski definition) is 7. The molecule has 0 radical (unpaired) electrons. The van der Waals surface area contributed by atoms with Crippen LogP contribution in [0.15, 0.2) is 42.9 Å². The van der Waals surface area contributed by atoms with Gasteiger partial charge in [-0.2, -0.15) is 8.78 Å². The Kier molecular flexibility index (Phi) is 5.17. The first-order valence-corrected chi connectivity index (χ1v) is 9.85. The van der Waals surface area contributed by atoms with Crippen LogP contribution in [-0.4, -0.2) is 34.5 Å². The van der Waals surface area contributed by atoms with E-state index >= 15 is 0 Å². The number of amides is 1. The fourth-order valence-electron chi connectivity index (χ4n) is 2.02. The van der Waals surface area contributed by atoms with Crippen LogP contribution in [0.3, 0.4) is 0 Å². The van der Waals surface area contributed by atoms with Crippen molar-refractivity contribution < 1.29 is 26.4 Å². The molecule has 0 unspecified atom stereocenters. The molecule has 0 bridgehead atoms. The van der Waals surface area contributed by atoms with Gasteiger partial charge in [0.05, 0.1) is 16.8 Å². The van der Waals surface area contributed by atoms with E-state index in [2.05, 4.69) is 15.0 Å². The SMILES string of the molecule is CC(F)(F)S(=O)(=O)NC(=O)c1cccc(-c2cnc(-c3cncc(F)c3)s2)n1. The topological polar surface area (TPSA) is 102 Å². The smallest absolute Gasteiger partial charge is 0.266 e. The molecule has 0 fully saturated rings. The van der Waals surface area contributed by atoms with E-state index in [1.807, 2.05) is 0 Å². The number of sulfonamides is 1. The Morgan fingerprint density at radius 1 is 1.21 bits per heavy atom. The average molecular weight is 428 g/mol. The molecular formula is C16H11F3N4O3S2. The van der Waals surface area contributed by atoms with Gasteiger partial charge in [0.15, 0.2) is 0 Å². The van der Waals surface area contributed by atoms with Crippen molar-refractivity contribution in [2.75, 3.05) is 0 Å². The van der Waals surface area contributed by atoms with Crippen LogP contribution in [-0.2, 0) is 10.0 Å². The first kappa shape index (κ1) is 19.9. The lowest BCUT2D eigenvalue weighted by Crippen LogP contribution is -2.41. The maximum atomic E-state index is 13.3. The number of alkyl halides is 2. The summed E-state index contributed by atoms with van der Waals surface area (Å²) >= 11 is 1.14. The number of carbonyl (C=O) groups is 1. The highest BCUT2D eigenvalue weighted by Crippen LogP contribution is 2.31. The Labute approximate surface area is 161 Å². The van der Waals surface area contributed by atoms with Crippen molar-refractivity contribution in [3.63, 3.8) is 0 Å². The summed E-state index contributed by atoms with van der Waals surface area (Å²) in [5, 5.41) is -3.68. The summed E-state index contributed by atoms with van der Waals surface area (Å²) in [5.74, 6) is -1.82. The zero-order valence-electron chi connectivity index (χ0n) is 14.1. The standard InChI is InChI=1S/C16H11F3N4O3S2/c1-16(18,19)28(25,26)23-14(24)12-4-2-3-11(22-12)13-8-21-15(27-13)9-5-10(17)7-20-6-9/h2-8H,1H3,(H,23,24). The van der Waals surface area contributed by atoms with Crippen molar-refractivity contribution in [1.82, 2.24) is 19.7 Å². The monoisotopic (exact) mass is 428 g/mol. The van der Waals surface area contributed by atoms with Crippen LogP contribution in [0.2, 0.25) is 0 Å². The molecule has 3 aromatic heterocycles. The number of rotatable bonds is 5. The van der Waals surface area contributed by atoms with Gasteiger partial charge in [0, 0.05) is 24.9 Å². The first-order valence-electron chi connectivity index (χ1n) is 7.55. The Hall–Kier alpha value is -2.86. The molecule has 0 saturated heterocycles. The Morgan fingerprint density at radius 2 is 1.96 bits per heavy atom. The van der Waals surface area contributed by atoms with Gasteiger partial charge in [-0.15, -0.1) is 11.3 Å². The fraction of sp³-hybridized carbons (Fsp3) is 0.125. The number of nitrogens with one attached hydrogen (secondary N) is 1. The third-order valence-corrected chi connectivity index (χ3v) is 5.86. The molecule has 0 aliphatic rings. The molecule has 1 amide bonds. The number of hydrogen-bond donors (Lipinski definition) is 1. The van der Waals surface area contributed by atoms with Gasteiger partial charge in [-0.1, -0.05) is 6.07 Å². The summed E-state index contributed by atoms with van der Waals surface area (Å²) in [4.78, 5) is 24.4. The summed E-state index contributed by atoms with van der Waals surface area (Å²) in [5.41, 5.74) is 0.343. The first-order chi connectivity index (χ1) is 13.1. The van der Waals surface area contributed by atoms with Gasteiger partial charge in [0.2, 0.25) is 0 Å². The van der Waals surface area contributed by atoms with E-state index < -0.39 is 27.0 Å². The largest absolute Gasteiger partial charge is 0.361 e. The predicted octanol–water partition coefficient (Wildman–Crippen LogP) is 3.08. The normalized spacial score (nSPS) is 12.0. The van der Waals surface area contributed by atoms with Gasteiger partial charge in [0.1, 0.15) is 16.5 Å². The van der Waals surface area contributed by atoms with Crippen LogP contribution in [0.25, 0.3) is 21.1 Å². The van der Waals surface area contributed by atoms with Gasteiger partial charge < -0.3 is 0 Å². The van der Waals surface area contributed by atoms with Crippen molar-refractivity contribution in [2.45, 2.75) is 12.2 Å². The van der Waals surface area contributed by atoms with Crippen LogP contribution < -0.4 is 4.72 Å². The van der Waals surface area contributed by atoms with Crippen LogP contribution in [0.1, 0.15) is 17.4 Å². The van der Waals surface area contributed by atoms with Gasteiger partial charge in [-0.3, -0.25) is 9.78 Å². The number of thiazole rings is 1. The quantitative estimate of drug-likeness (QED) is 0.670. The third-order valence-electron chi connectivity index (χ3n) is 3.39. The van der Waals surface area contributed by atoms with Gasteiger partial charge >= 0.3 is 15.3 Å². The second kappa shape index (κ2) is 7.28. The number of aromatic nitrogens is 3. The van der Waals surface area contributed by atoms with Gasteiger partial charge in [-0.25, -0.2) is 27.5 Å². The summed E-state index contributed by atoms with van der Waals surface area (Å²) < 4.78 is 63.5. The molecular weight excluding hydrogens is 417 g/mol. The van der Waals surface area contributed by atoms with E-state index in [0.717, 1.165) is 17.5 Å². The lowest BCUT2D eigenvalue weighted by molar-refractivity contribution is 0.0936. The van der Waals surface area contributed by atoms with E-state index in [0.29, 0.717) is 15.4 Å². The van der Waals surface area contributed by atoms with Crippen molar-refractivity contribution in [3.8, 4) is 21.1 Å². The van der Waals surface area contributed by atoms with E-state index in [-0.39, 0.29) is 18.3 Å². The van der Waals surface area contributed by atoms with Crippen LogP contribution in [0, 0.1) is 5.82 Å². The van der Waals surface area contributed by atoms with Crippen molar-refractivity contribution >= 4 is 27.3 Å². The van der Waals surface area contributed by atoms with Crippen molar-refractivity contribution in [3.05, 3.63) is 54.4 Å². The number of pyridine rings is 2. The third kappa shape index (κ3) is 4.17. The molecule has 0 spiro atoms. The summed E-state index contributed by atoms with van der Waals surface area (Å²) in [7, 11) is -5.18. The Morgan fingerprint density at radius 3 is 2.64 bits per heavy atom. The molecule has 0 aliphatic carbocycles. The minimum Gasteiger partial charge on any atom is -0.266 e. The molecule has 7 nitrogen and oxygen atoms in total. The molecule has 146 valence electrons. The fourth-order valence-corrected chi connectivity index (χ4v) is 3.41. The molecule has 1 N–H and O–H groups in total. The molecule has 0 atom stereocenters. The lowest BCUT2D eigenvalue weighted by atomic mass is 10.2. The Balaban J connectivity index is 1.87. The summed E-state index contributed by atoms with van der Waals surface area (Å²) in [6.07, 6.45) is 3.92. The zero-order valence-corrected chi connectivity index (χ0v) is 15.7. The zero-order chi connectivity index (χ0) is 20.5. The second-order valence-corrected chi connectivity index (χ2v) is 8.53. The molecule has 3 rings (SSSR count). The minimum absolute atomic E-state index is 0.159. The molecule has 0 aliphatic heterocycles. The highest BCUT2D eigenvalue weighted by Gasteiger charge is 2.41. The Bertz CT molecular complexity index is 1140. The highest BCUT2D eigenvalue weighted by atomic mass is 32.2. The molecule has 0 aromatic carbocycles. The number of halogens is 3. The van der Waals surface area contributed by atoms with Crippen molar-refractivity contribution in [1.29, 1.82) is 0 Å². The number of carbonyl (C=O) groups excluding carboxylic acids is 1. The minimum atomic E-state index is -5.18. The maximum Gasteiger partial charge on any atom is 0.361 e. The van der Waals surface area contributed by atoms with Crippen LogP contribution in [0.4, 0.5) is 13.2 Å². The molecule has 12 heteroatoms.